The lowest BCUT2D eigenvalue weighted by atomic mass is 10.2. The van der Waals surface area contributed by atoms with Gasteiger partial charge in [-0.1, -0.05) is 15.9 Å². The first-order chi connectivity index (χ1) is 9.52. The molecule has 0 aliphatic carbocycles. The number of benzene rings is 1. The van der Waals surface area contributed by atoms with Crippen LogP contribution < -0.4 is 10.6 Å². The van der Waals surface area contributed by atoms with Gasteiger partial charge in [-0.15, -0.1) is 0 Å². The number of ether oxygens (including phenoxy) is 1. The van der Waals surface area contributed by atoms with E-state index in [1.807, 2.05) is 0 Å². The second-order valence-corrected chi connectivity index (χ2v) is 5.01. The van der Waals surface area contributed by atoms with Crippen molar-refractivity contribution in [3.8, 4) is 0 Å². The number of halogens is 1. The van der Waals surface area contributed by atoms with Crippen molar-refractivity contribution in [3.05, 3.63) is 28.7 Å². The SMILES string of the molecule is COCCNC(CC(=O)Nc1ccc(Br)cc1)C(=O)O. The number of amides is 1. The van der Waals surface area contributed by atoms with Crippen LogP contribution in [0.4, 0.5) is 5.69 Å². The second kappa shape index (κ2) is 8.68. The molecule has 1 aromatic rings. The number of hydrogen-bond acceptors (Lipinski definition) is 4. The molecule has 3 N–H and O–H groups in total. The Kier molecular flexibility index (Phi) is 7.21. The smallest absolute Gasteiger partial charge is 0.321 e. The molecule has 1 amide bonds. The van der Waals surface area contributed by atoms with Gasteiger partial charge in [0, 0.05) is 23.8 Å². The predicted molar refractivity (Wildman–Crippen MR) is 78.7 cm³/mol. The zero-order chi connectivity index (χ0) is 15.0. The van der Waals surface area contributed by atoms with E-state index >= 15 is 0 Å². The number of nitrogens with one attached hydrogen (secondary N) is 2. The highest BCUT2D eigenvalue weighted by molar-refractivity contribution is 9.10. The van der Waals surface area contributed by atoms with Crippen LogP contribution in [-0.4, -0.2) is 43.3 Å². The molecule has 0 bridgehead atoms. The lowest BCUT2D eigenvalue weighted by molar-refractivity contribution is -0.141. The van der Waals surface area contributed by atoms with Crippen LogP contribution in [0.1, 0.15) is 6.42 Å². The Bertz CT molecular complexity index is 450. The minimum absolute atomic E-state index is 0.144. The molecule has 110 valence electrons. The summed E-state index contributed by atoms with van der Waals surface area (Å²) in [5, 5.41) is 14.4. The van der Waals surface area contributed by atoms with Crippen LogP contribution in [0.25, 0.3) is 0 Å². The summed E-state index contributed by atoms with van der Waals surface area (Å²) in [6.07, 6.45) is -0.144. The fraction of sp³-hybridized carbons (Fsp3) is 0.385. The molecular formula is C13H17BrN2O4. The van der Waals surface area contributed by atoms with E-state index in [9.17, 15) is 9.59 Å². The summed E-state index contributed by atoms with van der Waals surface area (Å²) in [5.74, 6) is -1.42. The van der Waals surface area contributed by atoms with E-state index < -0.39 is 12.0 Å². The van der Waals surface area contributed by atoms with E-state index in [1.165, 1.54) is 7.11 Å². The first-order valence-electron chi connectivity index (χ1n) is 6.03. The first-order valence-corrected chi connectivity index (χ1v) is 6.82. The highest BCUT2D eigenvalue weighted by atomic mass is 79.9. The molecule has 1 atom stereocenters. The third kappa shape index (κ3) is 6.14. The number of hydrogen-bond donors (Lipinski definition) is 3. The van der Waals surface area contributed by atoms with Crippen molar-refractivity contribution < 1.29 is 19.4 Å². The Balaban J connectivity index is 2.48. The van der Waals surface area contributed by atoms with Crippen molar-refractivity contribution in [1.29, 1.82) is 0 Å². The minimum atomic E-state index is -1.06. The standard InChI is InChI=1S/C13H17BrN2O4/c1-20-7-6-15-11(13(18)19)8-12(17)16-10-4-2-9(14)3-5-10/h2-5,11,15H,6-8H2,1H3,(H,16,17)(H,18,19). The van der Waals surface area contributed by atoms with Gasteiger partial charge in [-0.25, -0.2) is 0 Å². The maximum absolute atomic E-state index is 11.8. The van der Waals surface area contributed by atoms with Gasteiger partial charge < -0.3 is 20.5 Å². The average Bonchev–Trinajstić information content (AvgIpc) is 2.40. The molecule has 0 heterocycles. The molecule has 1 unspecified atom stereocenters. The summed E-state index contributed by atoms with van der Waals surface area (Å²) in [5.41, 5.74) is 0.624. The van der Waals surface area contributed by atoms with Crippen LogP contribution in [0.5, 0.6) is 0 Å². The van der Waals surface area contributed by atoms with E-state index in [-0.39, 0.29) is 12.3 Å². The van der Waals surface area contributed by atoms with Crippen molar-refractivity contribution >= 4 is 33.5 Å². The van der Waals surface area contributed by atoms with Gasteiger partial charge in [-0.3, -0.25) is 9.59 Å². The molecule has 20 heavy (non-hydrogen) atoms. The fourth-order valence-electron chi connectivity index (χ4n) is 1.51. The van der Waals surface area contributed by atoms with Crippen LogP contribution in [0.2, 0.25) is 0 Å². The third-order valence-electron chi connectivity index (χ3n) is 2.51. The maximum atomic E-state index is 11.8. The van der Waals surface area contributed by atoms with Gasteiger partial charge in [0.15, 0.2) is 0 Å². The van der Waals surface area contributed by atoms with Crippen molar-refractivity contribution in [1.82, 2.24) is 5.32 Å². The van der Waals surface area contributed by atoms with Crippen molar-refractivity contribution in [2.75, 3.05) is 25.6 Å². The molecule has 7 heteroatoms. The van der Waals surface area contributed by atoms with Crippen LogP contribution in [0, 0.1) is 0 Å². The highest BCUT2D eigenvalue weighted by Gasteiger charge is 2.20. The number of anilines is 1. The molecule has 0 aromatic heterocycles. The zero-order valence-corrected chi connectivity index (χ0v) is 12.6. The predicted octanol–water partition coefficient (Wildman–Crippen LogP) is 1.47. The Hall–Kier alpha value is -1.44. The number of carboxylic acids is 1. The van der Waals surface area contributed by atoms with E-state index in [4.69, 9.17) is 9.84 Å². The molecule has 0 aliphatic heterocycles. The molecular weight excluding hydrogens is 328 g/mol. The van der Waals surface area contributed by atoms with Crippen LogP contribution in [0.3, 0.4) is 0 Å². The summed E-state index contributed by atoms with van der Waals surface area (Å²) < 4.78 is 5.73. The van der Waals surface area contributed by atoms with Gasteiger partial charge in [0.25, 0.3) is 0 Å². The Labute approximate surface area is 125 Å². The molecule has 6 nitrogen and oxygen atoms in total. The zero-order valence-electron chi connectivity index (χ0n) is 11.1. The van der Waals surface area contributed by atoms with Crippen LogP contribution in [0.15, 0.2) is 28.7 Å². The number of methoxy groups -OCH3 is 1. The average molecular weight is 345 g/mol. The van der Waals surface area contributed by atoms with Crippen LogP contribution >= 0.6 is 15.9 Å². The van der Waals surface area contributed by atoms with E-state index in [1.54, 1.807) is 24.3 Å². The highest BCUT2D eigenvalue weighted by Crippen LogP contribution is 2.14. The Morgan fingerprint density at radius 3 is 2.55 bits per heavy atom. The normalized spacial score (nSPS) is 11.9. The summed E-state index contributed by atoms with van der Waals surface area (Å²) >= 11 is 3.29. The molecule has 1 aromatic carbocycles. The van der Waals surface area contributed by atoms with Crippen molar-refractivity contribution in [2.45, 2.75) is 12.5 Å². The van der Waals surface area contributed by atoms with Gasteiger partial charge >= 0.3 is 5.97 Å². The molecule has 0 fully saturated rings. The monoisotopic (exact) mass is 344 g/mol. The maximum Gasteiger partial charge on any atom is 0.321 e. The topological polar surface area (TPSA) is 87.7 Å². The molecule has 0 saturated carbocycles. The number of rotatable bonds is 8. The largest absolute Gasteiger partial charge is 0.480 e. The first kappa shape index (κ1) is 16.6. The Morgan fingerprint density at radius 1 is 1.35 bits per heavy atom. The van der Waals surface area contributed by atoms with Gasteiger partial charge in [-0.2, -0.15) is 0 Å². The van der Waals surface area contributed by atoms with Gasteiger partial charge in [0.05, 0.1) is 13.0 Å². The fourth-order valence-corrected chi connectivity index (χ4v) is 1.78. The number of carbonyl (C=O) groups excluding carboxylic acids is 1. The van der Waals surface area contributed by atoms with Crippen molar-refractivity contribution in [3.63, 3.8) is 0 Å². The van der Waals surface area contributed by atoms with Crippen molar-refractivity contribution in [2.24, 2.45) is 0 Å². The number of carboxylic acid groups (broad SMARTS) is 1. The van der Waals surface area contributed by atoms with Gasteiger partial charge in [0.2, 0.25) is 5.91 Å². The third-order valence-corrected chi connectivity index (χ3v) is 3.04. The molecule has 0 spiro atoms. The van der Waals surface area contributed by atoms with Crippen LogP contribution in [-0.2, 0) is 14.3 Å². The number of aliphatic carboxylic acids is 1. The molecule has 0 aliphatic rings. The summed E-state index contributed by atoms with van der Waals surface area (Å²) in [6.45, 7) is 0.761. The molecule has 1 rings (SSSR count). The second-order valence-electron chi connectivity index (χ2n) is 4.10. The van der Waals surface area contributed by atoms with E-state index in [0.29, 0.717) is 18.8 Å². The number of carbonyl (C=O) groups is 2. The summed E-state index contributed by atoms with van der Waals surface area (Å²) in [7, 11) is 1.53. The molecule has 0 radical (unpaired) electrons. The quantitative estimate of drug-likeness (QED) is 0.621. The lowest BCUT2D eigenvalue weighted by Crippen LogP contribution is -2.41. The van der Waals surface area contributed by atoms with E-state index in [0.717, 1.165) is 4.47 Å². The van der Waals surface area contributed by atoms with Gasteiger partial charge in [-0.05, 0) is 24.3 Å². The Morgan fingerprint density at radius 2 is 2.00 bits per heavy atom. The summed E-state index contributed by atoms with van der Waals surface area (Å²) in [6, 6.07) is 6.12. The van der Waals surface area contributed by atoms with E-state index in [2.05, 4.69) is 26.6 Å². The van der Waals surface area contributed by atoms with Gasteiger partial charge in [0.1, 0.15) is 6.04 Å². The minimum Gasteiger partial charge on any atom is -0.480 e. The lowest BCUT2D eigenvalue weighted by Gasteiger charge is -2.14. The summed E-state index contributed by atoms with van der Waals surface area (Å²) in [4.78, 5) is 22.8. The molecule has 0 saturated heterocycles.